The number of phenolic OH excluding ortho intramolecular Hbond substituents is 1. The molecular weight excluding hydrogens is 484 g/mol. The highest BCUT2D eigenvalue weighted by atomic mass is 79.9. The van der Waals surface area contributed by atoms with Gasteiger partial charge in [-0.3, -0.25) is 0 Å². The first-order chi connectivity index (χ1) is 12.8. The molecule has 0 radical (unpaired) electrons. The number of fused-ring (bicyclic) bond motifs is 1. The largest absolute Gasteiger partial charge is 0.508 e. The number of benzene rings is 1. The van der Waals surface area contributed by atoms with Gasteiger partial charge in [0.2, 0.25) is 5.95 Å². The Morgan fingerprint density at radius 3 is 2.43 bits per heavy atom. The normalized spacial score (nSPS) is 19.3. The summed E-state index contributed by atoms with van der Waals surface area (Å²) in [6.07, 6.45) is 9.32. The molecule has 7 heteroatoms. The minimum atomic E-state index is 0. The lowest BCUT2D eigenvalue weighted by atomic mass is 9.83. The molecule has 1 atom stereocenters. The molecule has 5 nitrogen and oxygen atoms in total. The van der Waals surface area contributed by atoms with Crippen LogP contribution in [0.1, 0.15) is 30.4 Å². The predicted molar refractivity (Wildman–Crippen MR) is 124 cm³/mol. The van der Waals surface area contributed by atoms with E-state index in [1.165, 1.54) is 30.4 Å². The Hall–Kier alpha value is -1.18. The Bertz CT molecular complexity index is 724. The number of hydrogen-bond acceptors (Lipinski definition) is 5. The minimum absolute atomic E-state index is 0. The van der Waals surface area contributed by atoms with Gasteiger partial charge in [-0.05, 0) is 80.3 Å². The number of nitrogens with zero attached hydrogens (tertiary/aromatic N) is 3. The lowest BCUT2D eigenvalue weighted by Gasteiger charge is -2.32. The molecule has 1 aromatic carbocycles. The summed E-state index contributed by atoms with van der Waals surface area (Å²) in [7, 11) is 0. The van der Waals surface area contributed by atoms with Crippen LogP contribution in [-0.4, -0.2) is 41.3 Å². The van der Waals surface area contributed by atoms with Gasteiger partial charge in [0.1, 0.15) is 5.75 Å². The second-order valence-corrected chi connectivity index (χ2v) is 7.66. The van der Waals surface area contributed by atoms with Gasteiger partial charge in [-0.2, -0.15) is 0 Å². The molecule has 154 valence electrons. The fraction of sp³-hybridized carbons (Fsp3) is 0.524. The number of piperidine rings is 1. The van der Waals surface area contributed by atoms with Crippen LogP contribution in [0.15, 0.2) is 36.7 Å². The standard InChI is InChI=1S/C21H28N4O.2BrH/c26-20-4-1-3-18-6-5-17(13-19(18)20)15-22-14-16-7-11-25(12-8-16)21-23-9-2-10-24-21;;/h1-4,9-10,16-17,22,26H,5-8,11-15H2;2*1H. The number of aromatic hydroxyl groups is 1. The van der Waals surface area contributed by atoms with Crippen LogP contribution in [0, 0.1) is 11.8 Å². The van der Waals surface area contributed by atoms with Crippen molar-refractivity contribution in [3.05, 3.63) is 47.8 Å². The quantitative estimate of drug-likeness (QED) is 0.633. The summed E-state index contributed by atoms with van der Waals surface area (Å²) in [5, 5.41) is 13.8. The van der Waals surface area contributed by atoms with E-state index in [0.717, 1.165) is 50.9 Å². The average Bonchev–Trinajstić information content (AvgIpc) is 2.70. The van der Waals surface area contributed by atoms with Crippen LogP contribution in [0.2, 0.25) is 0 Å². The fourth-order valence-corrected chi connectivity index (χ4v) is 4.30. The van der Waals surface area contributed by atoms with Gasteiger partial charge >= 0.3 is 0 Å². The highest BCUT2D eigenvalue weighted by Crippen LogP contribution is 2.31. The summed E-state index contributed by atoms with van der Waals surface area (Å²) in [4.78, 5) is 11.0. The number of phenols is 1. The Morgan fingerprint density at radius 2 is 1.68 bits per heavy atom. The third-order valence-electron chi connectivity index (χ3n) is 5.88. The van der Waals surface area contributed by atoms with Crippen molar-refractivity contribution in [2.75, 3.05) is 31.1 Å². The van der Waals surface area contributed by atoms with E-state index in [0.29, 0.717) is 11.7 Å². The molecule has 2 N–H and O–H groups in total. The number of aromatic nitrogens is 2. The molecule has 2 heterocycles. The van der Waals surface area contributed by atoms with Gasteiger partial charge in [-0.1, -0.05) is 12.1 Å². The molecular formula is C21H30Br2N4O. The first-order valence-corrected chi connectivity index (χ1v) is 9.82. The van der Waals surface area contributed by atoms with E-state index >= 15 is 0 Å². The van der Waals surface area contributed by atoms with Crippen LogP contribution in [0.3, 0.4) is 0 Å². The number of hydrogen-bond donors (Lipinski definition) is 2. The van der Waals surface area contributed by atoms with Crippen molar-refractivity contribution in [1.82, 2.24) is 15.3 Å². The molecule has 2 aliphatic rings. The van der Waals surface area contributed by atoms with E-state index in [1.54, 1.807) is 0 Å². The summed E-state index contributed by atoms with van der Waals surface area (Å²) in [5.74, 6) is 2.70. The molecule has 1 saturated heterocycles. The topological polar surface area (TPSA) is 61.3 Å². The first kappa shape index (κ1) is 23.1. The van der Waals surface area contributed by atoms with E-state index in [1.807, 2.05) is 30.6 Å². The van der Waals surface area contributed by atoms with Crippen molar-refractivity contribution in [3.63, 3.8) is 0 Å². The molecule has 0 saturated carbocycles. The summed E-state index contributed by atoms with van der Waals surface area (Å²) in [6.45, 7) is 4.23. The third-order valence-corrected chi connectivity index (χ3v) is 5.88. The van der Waals surface area contributed by atoms with E-state index in [9.17, 15) is 5.11 Å². The third kappa shape index (κ3) is 5.67. The number of nitrogens with one attached hydrogen (secondary N) is 1. The highest BCUT2D eigenvalue weighted by Gasteiger charge is 2.23. The maximum atomic E-state index is 10.1. The Kier molecular flexibility index (Phi) is 9.18. The molecule has 1 aliphatic heterocycles. The minimum Gasteiger partial charge on any atom is -0.508 e. The molecule has 1 unspecified atom stereocenters. The van der Waals surface area contributed by atoms with Crippen molar-refractivity contribution in [1.29, 1.82) is 0 Å². The van der Waals surface area contributed by atoms with Gasteiger partial charge in [0.25, 0.3) is 0 Å². The smallest absolute Gasteiger partial charge is 0.225 e. The van der Waals surface area contributed by atoms with Crippen molar-refractivity contribution in [2.24, 2.45) is 11.8 Å². The van der Waals surface area contributed by atoms with E-state index in [4.69, 9.17) is 0 Å². The van der Waals surface area contributed by atoms with Crippen LogP contribution in [0.4, 0.5) is 5.95 Å². The zero-order valence-electron chi connectivity index (χ0n) is 16.1. The van der Waals surface area contributed by atoms with Crippen molar-refractivity contribution < 1.29 is 5.11 Å². The van der Waals surface area contributed by atoms with Crippen molar-refractivity contribution >= 4 is 39.9 Å². The lowest BCUT2D eigenvalue weighted by molar-refractivity contribution is 0.350. The number of aryl methyl sites for hydroxylation is 1. The van der Waals surface area contributed by atoms with Crippen LogP contribution in [0.5, 0.6) is 5.75 Å². The molecule has 1 aromatic heterocycles. The summed E-state index contributed by atoms with van der Waals surface area (Å²) >= 11 is 0. The summed E-state index contributed by atoms with van der Waals surface area (Å²) in [5.41, 5.74) is 2.50. The second kappa shape index (κ2) is 11.1. The highest BCUT2D eigenvalue weighted by molar-refractivity contribution is 8.93. The second-order valence-electron chi connectivity index (χ2n) is 7.66. The van der Waals surface area contributed by atoms with E-state index in [2.05, 4.69) is 26.3 Å². The van der Waals surface area contributed by atoms with Gasteiger partial charge in [0.05, 0.1) is 0 Å². The van der Waals surface area contributed by atoms with Gasteiger partial charge < -0.3 is 15.3 Å². The molecule has 1 aliphatic carbocycles. The summed E-state index contributed by atoms with van der Waals surface area (Å²) < 4.78 is 0. The van der Waals surface area contributed by atoms with Gasteiger partial charge in [0.15, 0.2) is 0 Å². The Labute approximate surface area is 188 Å². The molecule has 28 heavy (non-hydrogen) atoms. The van der Waals surface area contributed by atoms with Crippen LogP contribution < -0.4 is 10.2 Å². The first-order valence-electron chi connectivity index (χ1n) is 9.82. The zero-order chi connectivity index (χ0) is 17.8. The summed E-state index contributed by atoms with van der Waals surface area (Å²) in [6, 6.07) is 7.80. The molecule has 0 spiro atoms. The molecule has 4 rings (SSSR count). The molecule has 2 aromatic rings. The van der Waals surface area contributed by atoms with Crippen LogP contribution >= 0.6 is 34.0 Å². The van der Waals surface area contributed by atoms with E-state index < -0.39 is 0 Å². The average molecular weight is 514 g/mol. The number of rotatable bonds is 5. The number of anilines is 1. The number of halogens is 2. The fourth-order valence-electron chi connectivity index (χ4n) is 4.30. The van der Waals surface area contributed by atoms with E-state index in [-0.39, 0.29) is 34.0 Å². The van der Waals surface area contributed by atoms with Gasteiger partial charge in [-0.15, -0.1) is 34.0 Å². The molecule has 0 amide bonds. The maximum Gasteiger partial charge on any atom is 0.225 e. The van der Waals surface area contributed by atoms with Gasteiger partial charge in [0, 0.05) is 25.5 Å². The molecule has 0 bridgehead atoms. The van der Waals surface area contributed by atoms with Crippen LogP contribution in [0.25, 0.3) is 0 Å². The zero-order valence-corrected chi connectivity index (χ0v) is 19.5. The van der Waals surface area contributed by atoms with Crippen molar-refractivity contribution in [3.8, 4) is 5.75 Å². The lowest BCUT2D eigenvalue weighted by Crippen LogP contribution is -2.39. The Morgan fingerprint density at radius 1 is 0.964 bits per heavy atom. The SMILES string of the molecule is Br.Br.Oc1cccc2c1CC(CNCC1CCN(c3ncccn3)CC1)CC2. The van der Waals surface area contributed by atoms with Crippen LogP contribution in [-0.2, 0) is 12.8 Å². The maximum absolute atomic E-state index is 10.1. The van der Waals surface area contributed by atoms with Gasteiger partial charge in [-0.25, -0.2) is 9.97 Å². The molecule has 1 fully saturated rings. The van der Waals surface area contributed by atoms with Crippen molar-refractivity contribution in [2.45, 2.75) is 32.1 Å². The Balaban J connectivity index is 0.00000140. The monoisotopic (exact) mass is 512 g/mol. The predicted octanol–water partition coefficient (Wildman–Crippen LogP) is 3.95.